The molecule has 0 saturated carbocycles. The van der Waals surface area contributed by atoms with Crippen LogP contribution in [-0.2, 0) is 5.54 Å². The number of benzene rings is 2. The average Bonchev–Trinajstić information content (AvgIpc) is 3.21. The summed E-state index contributed by atoms with van der Waals surface area (Å²) < 4.78 is 1.97. The monoisotopic (exact) mass is 440 g/mol. The van der Waals surface area contributed by atoms with Crippen molar-refractivity contribution in [3.05, 3.63) is 71.0 Å². The Morgan fingerprint density at radius 1 is 0.903 bits per heavy atom. The number of halogens is 1. The maximum absolute atomic E-state index is 4.48. The Bertz CT molecular complexity index is 987. The zero-order chi connectivity index (χ0) is 21.3. The second-order valence-electron chi connectivity index (χ2n) is 9.25. The molecule has 166 valence electrons. The lowest BCUT2D eigenvalue weighted by atomic mass is 10.0. The molecule has 1 aliphatic rings. The molecule has 1 aromatic heterocycles. The van der Waals surface area contributed by atoms with Crippen LogP contribution in [0.5, 0.6) is 0 Å². The molecule has 1 saturated heterocycles. The Balaban J connectivity index is 0.00000272. The molecular formula is C24H33ClN6. The first-order valence-electron chi connectivity index (χ1n) is 10.7. The van der Waals surface area contributed by atoms with Crippen LogP contribution < -0.4 is 4.90 Å². The molecule has 0 spiro atoms. The van der Waals surface area contributed by atoms with E-state index in [-0.39, 0.29) is 24.0 Å². The third kappa shape index (κ3) is 4.91. The molecule has 6 nitrogen and oxygen atoms in total. The van der Waals surface area contributed by atoms with E-state index in [1.807, 2.05) is 4.68 Å². The third-order valence-electron chi connectivity index (χ3n) is 5.87. The number of anilines is 1. The van der Waals surface area contributed by atoms with E-state index in [2.05, 4.69) is 108 Å². The molecule has 7 heteroatoms. The van der Waals surface area contributed by atoms with Crippen molar-refractivity contribution in [3.8, 4) is 0 Å². The molecule has 0 amide bonds. The Morgan fingerprint density at radius 3 is 2.23 bits per heavy atom. The Hall–Kier alpha value is -2.44. The van der Waals surface area contributed by atoms with Gasteiger partial charge in [-0.25, -0.2) is 4.68 Å². The molecule has 3 aromatic rings. The van der Waals surface area contributed by atoms with E-state index >= 15 is 0 Å². The van der Waals surface area contributed by atoms with Crippen LogP contribution in [0.15, 0.2) is 48.5 Å². The summed E-state index contributed by atoms with van der Waals surface area (Å²) in [5, 5.41) is 12.9. The summed E-state index contributed by atoms with van der Waals surface area (Å²) in [4.78, 5) is 5.03. The topological polar surface area (TPSA) is 50.1 Å². The molecule has 0 radical (unpaired) electrons. The summed E-state index contributed by atoms with van der Waals surface area (Å²) in [5.41, 5.74) is 5.06. The molecule has 0 bridgehead atoms. The zero-order valence-electron chi connectivity index (χ0n) is 19.1. The second-order valence-corrected chi connectivity index (χ2v) is 9.25. The molecule has 1 fully saturated rings. The van der Waals surface area contributed by atoms with Crippen LogP contribution in [0.4, 0.5) is 5.69 Å². The standard InChI is InChI=1S/C24H32N6.ClH/c1-18-11-12-19(2)21(17-18)28-13-15-29(16-14-28)22(20-9-7-6-8-10-20)23-25-26-27-30(23)24(3,4)5;/h6-12,17,22H,13-16H2,1-5H3;1H. The summed E-state index contributed by atoms with van der Waals surface area (Å²) in [6.07, 6.45) is 0. The van der Waals surface area contributed by atoms with E-state index in [4.69, 9.17) is 0 Å². The van der Waals surface area contributed by atoms with Gasteiger partial charge in [-0.05, 0) is 67.8 Å². The van der Waals surface area contributed by atoms with Crippen molar-refractivity contribution >= 4 is 18.1 Å². The van der Waals surface area contributed by atoms with Crippen LogP contribution in [0, 0.1) is 13.8 Å². The maximum Gasteiger partial charge on any atom is 0.173 e. The van der Waals surface area contributed by atoms with Crippen LogP contribution >= 0.6 is 12.4 Å². The highest BCUT2D eigenvalue weighted by atomic mass is 35.5. The van der Waals surface area contributed by atoms with Gasteiger partial charge < -0.3 is 4.90 Å². The quantitative estimate of drug-likeness (QED) is 0.602. The first-order valence-corrected chi connectivity index (χ1v) is 10.7. The fourth-order valence-corrected chi connectivity index (χ4v) is 4.28. The van der Waals surface area contributed by atoms with Crippen LogP contribution in [0.2, 0.25) is 0 Å². The molecule has 31 heavy (non-hydrogen) atoms. The number of nitrogens with zero attached hydrogens (tertiary/aromatic N) is 6. The highest BCUT2D eigenvalue weighted by Crippen LogP contribution is 2.31. The summed E-state index contributed by atoms with van der Waals surface area (Å²) in [6, 6.07) is 17.4. The molecule has 1 atom stereocenters. The lowest BCUT2D eigenvalue weighted by Crippen LogP contribution is -2.49. The lowest BCUT2D eigenvalue weighted by Gasteiger charge is -2.41. The Kier molecular flexibility index (Phi) is 7.02. The summed E-state index contributed by atoms with van der Waals surface area (Å²) in [5.74, 6) is 0.911. The van der Waals surface area contributed by atoms with Gasteiger partial charge in [0.25, 0.3) is 0 Å². The lowest BCUT2D eigenvalue weighted by molar-refractivity contribution is 0.191. The number of tetrazole rings is 1. The first kappa shape index (κ1) is 23.2. The second kappa shape index (κ2) is 9.37. The normalized spacial score (nSPS) is 16.1. The Morgan fingerprint density at radius 2 is 1.58 bits per heavy atom. The summed E-state index contributed by atoms with van der Waals surface area (Å²) in [7, 11) is 0. The van der Waals surface area contributed by atoms with Gasteiger partial charge in [-0.1, -0.05) is 42.5 Å². The SMILES string of the molecule is Cc1ccc(C)c(N2CCN(C(c3ccccc3)c3nnnn3C(C)(C)C)CC2)c1.Cl. The number of aromatic nitrogens is 4. The average molecular weight is 441 g/mol. The van der Waals surface area contributed by atoms with E-state index in [9.17, 15) is 0 Å². The van der Waals surface area contributed by atoms with Gasteiger partial charge in [-0.2, -0.15) is 0 Å². The van der Waals surface area contributed by atoms with Gasteiger partial charge in [-0.15, -0.1) is 17.5 Å². The van der Waals surface area contributed by atoms with Gasteiger partial charge in [0, 0.05) is 31.9 Å². The van der Waals surface area contributed by atoms with Crippen LogP contribution in [0.25, 0.3) is 0 Å². The highest BCUT2D eigenvalue weighted by Gasteiger charge is 2.33. The van der Waals surface area contributed by atoms with Gasteiger partial charge in [-0.3, -0.25) is 4.90 Å². The van der Waals surface area contributed by atoms with Gasteiger partial charge in [0.2, 0.25) is 0 Å². The van der Waals surface area contributed by atoms with Crippen LogP contribution in [0.3, 0.4) is 0 Å². The van der Waals surface area contributed by atoms with Crippen molar-refractivity contribution in [2.24, 2.45) is 0 Å². The van der Waals surface area contributed by atoms with Crippen molar-refractivity contribution in [3.63, 3.8) is 0 Å². The van der Waals surface area contributed by atoms with Gasteiger partial charge in [0.1, 0.15) is 0 Å². The maximum atomic E-state index is 4.48. The fourth-order valence-electron chi connectivity index (χ4n) is 4.28. The van der Waals surface area contributed by atoms with E-state index in [1.165, 1.54) is 22.4 Å². The zero-order valence-corrected chi connectivity index (χ0v) is 19.9. The van der Waals surface area contributed by atoms with E-state index in [0.717, 1.165) is 32.0 Å². The molecule has 0 aliphatic carbocycles. The van der Waals surface area contributed by atoms with Gasteiger partial charge in [0.05, 0.1) is 11.6 Å². The minimum absolute atomic E-state index is 0. The summed E-state index contributed by atoms with van der Waals surface area (Å²) >= 11 is 0. The largest absolute Gasteiger partial charge is 0.369 e. The van der Waals surface area contributed by atoms with Gasteiger partial charge >= 0.3 is 0 Å². The predicted molar refractivity (Wildman–Crippen MR) is 128 cm³/mol. The van der Waals surface area contributed by atoms with Crippen molar-refractivity contribution in [1.29, 1.82) is 0 Å². The molecule has 2 aromatic carbocycles. The molecule has 4 rings (SSSR count). The number of rotatable bonds is 4. The van der Waals surface area contributed by atoms with E-state index in [0.29, 0.717) is 0 Å². The first-order chi connectivity index (χ1) is 14.3. The molecule has 0 N–H and O–H groups in total. The van der Waals surface area contributed by atoms with Crippen LogP contribution in [0.1, 0.15) is 49.3 Å². The van der Waals surface area contributed by atoms with Crippen LogP contribution in [-0.4, -0.2) is 51.3 Å². The fraction of sp³-hybridized carbons (Fsp3) is 0.458. The molecule has 1 unspecified atom stereocenters. The van der Waals surface area contributed by atoms with Gasteiger partial charge in [0.15, 0.2) is 5.82 Å². The van der Waals surface area contributed by atoms with Crippen molar-refractivity contribution in [1.82, 2.24) is 25.1 Å². The predicted octanol–water partition coefficient (Wildman–Crippen LogP) is 4.38. The van der Waals surface area contributed by atoms with Crippen molar-refractivity contribution in [2.45, 2.75) is 46.2 Å². The minimum atomic E-state index is -0.174. The smallest absolute Gasteiger partial charge is 0.173 e. The molecule has 1 aliphatic heterocycles. The third-order valence-corrected chi connectivity index (χ3v) is 5.87. The van der Waals surface area contributed by atoms with Crippen molar-refractivity contribution < 1.29 is 0 Å². The number of aryl methyl sites for hydroxylation is 2. The summed E-state index contributed by atoms with van der Waals surface area (Å²) in [6.45, 7) is 14.7. The highest BCUT2D eigenvalue weighted by molar-refractivity contribution is 5.85. The minimum Gasteiger partial charge on any atom is -0.369 e. The molecule has 2 heterocycles. The number of hydrogen-bond donors (Lipinski definition) is 0. The number of piperazine rings is 1. The van der Waals surface area contributed by atoms with E-state index < -0.39 is 0 Å². The molecular weight excluding hydrogens is 408 g/mol. The number of hydrogen-bond acceptors (Lipinski definition) is 5. The Labute approximate surface area is 191 Å². The van der Waals surface area contributed by atoms with Crippen molar-refractivity contribution in [2.75, 3.05) is 31.1 Å². The van der Waals surface area contributed by atoms with E-state index in [1.54, 1.807) is 0 Å².